The molecule has 3 amide bonds. The number of carbonyl (C=O) groups excluding carboxylic acids is 3. The van der Waals surface area contributed by atoms with E-state index in [1.54, 1.807) is 66.5 Å². The molecule has 1 aliphatic rings. The van der Waals surface area contributed by atoms with Gasteiger partial charge < -0.3 is 20.7 Å². The summed E-state index contributed by atoms with van der Waals surface area (Å²) in [5.74, 6) is -0.464. The van der Waals surface area contributed by atoms with Gasteiger partial charge in [-0.25, -0.2) is 9.59 Å². The Morgan fingerprint density at radius 1 is 0.935 bits per heavy atom. The molecule has 4 rings (SSSR count). The lowest BCUT2D eigenvalue weighted by Gasteiger charge is -2.08. The largest absolute Gasteiger partial charge is 0.423 e. The highest BCUT2D eigenvalue weighted by Crippen LogP contribution is 2.20. The first-order valence-corrected chi connectivity index (χ1v) is 9.76. The first-order chi connectivity index (χ1) is 15.0. The molecular formula is C22H21N5O4. The molecule has 0 saturated heterocycles. The highest BCUT2D eigenvalue weighted by molar-refractivity contribution is 6.04. The summed E-state index contributed by atoms with van der Waals surface area (Å²) in [4.78, 5) is 36.3. The summed E-state index contributed by atoms with van der Waals surface area (Å²) in [7, 11) is 1.73. The average Bonchev–Trinajstić information content (AvgIpc) is 3.45. The molecular weight excluding hydrogens is 398 g/mol. The van der Waals surface area contributed by atoms with Gasteiger partial charge >= 0.3 is 12.0 Å². The number of nitrogens with zero attached hydrogens (tertiary/aromatic N) is 2. The monoisotopic (exact) mass is 419 g/mol. The Labute approximate surface area is 178 Å². The number of hydrogen-bond donors (Lipinski definition) is 3. The van der Waals surface area contributed by atoms with Gasteiger partial charge in [0, 0.05) is 30.7 Å². The summed E-state index contributed by atoms with van der Waals surface area (Å²) in [6.07, 6.45) is 5.11. The second kappa shape index (κ2) is 8.70. The van der Waals surface area contributed by atoms with Crippen molar-refractivity contribution in [2.75, 3.05) is 10.6 Å². The van der Waals surface area contributed by atoms with Crippen LogP contribution in [0.2, 0.25) is 0 Å². The Kier molecular flexibility index (Phi) is 5.65. The number of anilines is 2. The molecule has 0 aliphatic heterocycles. The molecule has 158 valence electrons. The fourth-order valence-corrected chi connectivity index (χ4v) is 2.78. The molecule has 0 unspecified atom stereocenters. The lowest BCUT2D eigenvalue weighted by Crippen LogP contribution is -2.30. The van der Waals surface area contributed by atoms with Crippen molar-refractivity contribution in [2.45, 2.75) is 18.9 Å². The molecule has 3 aromatic rings. The highest BCUT2D eigenvalue weighted by atomic mass is 16.5. The second-order valence-electron chi connectivity index (χ2n) is 7.22. The molecule has 1 aliphatic carbocycles. The molecule has 2 aromatic carbocycles. The Morgan fingerprint density at radius 3 is 2.19 bits per heavy atom. The number of nitrogens with one attached hydrogen (secondary N) is 3. The summed E-state index contributed by atoms with van der Waals surface area (Å²) in [5.41, 5.74) is 1.94. The molecule has 9 nitrogen and oxygen atoms in total. The van der Waals surface area contributed by atoms with Crippen molar-refractivity contribution in [3.05, 3.63) is 72.1 Å². The highest BCUT2D eigenvalue weighted by Gasteiger charge is 2.23. The number of carbonyl (C=O) groups is 3. The predicted octanol–water partition coefficient (Wildman–Crippen LogP) is 3.18. The molecule has 1 saturated carbocycles. The number of hydrogen-bond acceptors (Lipinski definition) is 5. The lowest BCUT2D eigenvalue weighted by molar-refractivity contribution is 0.0734. The van der Waals surface area contributed by atoms with Crippen molar-refractivity contribution in [3.63, 3.8) is 0 Å². The van der Waals surface area contributed by atoms with Crippen LogP contribution in [0.25, 0.3) is 0 Å². The molecule has 0 bridgehead atoms. The maximum absolute atomic E-state index is 12.4. The van der Waals surface area contributed by atoms with E-state index in [1.165, 1.54) is 6.20 Å². The minimum Gasteiger partial charge on any atom is -0.423 e. The van der Waals surface area contributed by atoms with E-state index in [-0.39, 0.29) is 18.0 Å². The normalized spacial score (nSPS) is 12.7. The Morgan fingerprint density at radius 2 is 1.58 bits per heavy atom. The number of amides is 3. The lowest BCUT2D eigenvalue weighted by atomic mass is 10.2. The van der Waals surface area contributed by atoms with Crippen molar-refractivity contribution >= 4 is 29.3 Å². The van der Waals surface area contributed by atoms with E-state index in [4.69, 9.17) is 4.74 Å². The van der Waals surface area contributed by atoms with Crippen molar-refractivity contribution in [1.82, 2.24) is 15.1 Å². The van der Waals surface area contributed by atoms with E-state index >= 15 is 0 Å². The maximum Gasteiger partial charge on any atom is 0.343 e. The third kappa shape index (κ3) is 5.47. The minimum atomic E-state index is -0.527. The van der Waals surface area contributed by atoms with Crippen LogP contribution < -0.4 is 20.7 Å². The summed E-state index contributed by atoms with van der Waals surface area (Å²) < 4.78 is 6.91. The van der Waals surface area contributed by atoms with Crippen LogP contribution in [0.15, 0.2) is 60.9 Å². The number of aromatic nitrogens is 2. The van der Waals surface area contributed by atoms with Gasteiger partial charge in [0.25, 0.3) is 5.91 Å². The Bertz CT molecular complexity index is 1100. The van der Waals surface area contributed by atoms with Crippen LogP contribution in [0.4, 0.5) is 16.2 Å². The zero-order chi connectivity index (χ0) is 21.8. The molecule has 0 spiro atoms. The van der Waals surface area contributed by atoms with Crippen LogP contribution in [0.1, 0.15) is 33.6 Å². The topological polar surface area (TPSA) is 114 Å². The summed E-state index contributed by atoms with van der Waals surface area (Å²) in [6, 6.07) is 12.9. The maximum atomic E-state index is 12.4. The van der Waals surface area contributed by atoms with Crippen LogP contribution in [0.5, 0.6) is 5.75 Å². The molecule has 3 N–H and O–H groups in total. The van der Waals surface area contributed by atoms with Gasteiger partial charge in [0.15, 0.2) is 0 Å². The van der Waals surface area contributed by atoms with E-state index < -0.39 is 5.97 Å². The number of aryl methyl sites for hydroxylation is 1. The average molecular weight is 419 g/mol. The SMILES string of the molecule is Cn1cc(C(=O)Nc2ccc(OC(=O)c3ccc(NC(=O)NC4CC4)cc3)cc2)cn1. The van der Waals surface area contributed by atoms with E-state index in [0.29, 0.717) is 28.3 Å². The van der Waals surface area contributed by atoms with Gasteiger partial charge in [0.1, 0.15) is 5.75 Å². The van der Waals surface area contributed by atoms with Crippen LogP contribution in [0.3, 0.4) is 0 Å². The van der Waals surface area contributed by atoms with E-state index in [0.717, 1.165) is 12.8 Å². The van der Waals surface area contributed by atoms with Gasteiger partial charge in [-0.1, -0.05) is 0 Å². The third-order valence-corrected chi connectivity index (χ3v) is 4.58. The quantitative estimate of drug-likeness (QED) is 0.419. The Balaban J connectivity index is 1.30. The van der Waals surface area contributed by atoms with Crippen molar-refractivity contribution in [3.8, 4) is 5.75 Å². The molecule has 0 radical (unpaired) electrons. The molecule has 1 fully saturated rings. The van der Waals surface area contributed by atoms with Crippen molar-refractivity contribution < 1.29 is 19.1 Å². The van der Waals surface area contributed by atoms with Gasteiger partial charge in [0.05, 0.1) is 17.3 Å². The van der Waals surface area contributed by atoms with Crippen molar-refractivity contribution in [2.24, 2.45) is 7.05 Å². The molecule has 0 atom stereocenters. The number of ether oxygens (including phenoxy) is 1. The number of rotatable bonds is 6. The van der Waals surface area contributed by atoms with Crippen LogP contribution in [0, 0.1) is 0 Å². The van der Waals surface area contributed by atoms with Crippen LogP contribution in [-0.4, -0.2) is 33.7 Å². The van der Waals surface area contributed by atoms with Gasteiger partial charge in [0.2, 0.25) is 0 Å². The molecule has 1 heterocycles. The van der Waals surface area contributed by atoms with Gasteiger partial charge in [-0.15, -0.1) is 0 Å². The summed E-state index contributed by atoms with van der Waals surface area (Å²) >= 11 is 0. The Hall–Kier alpha value is -4.14. The number of urea groups is 1. The zero-order valence-electron chi connectivity index (χ0n) is 16.8. The van der Waals surface area contributed by atoms with Gasteiger partial charge in [-0.05, 0) is 61.4 Å². The van der Waals surface area contributed by atoms with E-state index in [2.05, 4.69) is 21.0 Å². The number of esters is 1. The summed E-state index contributed by atoms with van der Waals surface area (Å²) in [6.45, 7) is 0. The third-order valence-electron chi connectivity index (χ3n) is 4.58. The van der Waals surface area contributed by atoms with Gasteiger partial charge in [-0.3, -0.25) is 9.48 Å². The first-order valence-electron chi connectivity index (χ1n) is 9.76. The van der Waals surface area contributed by atoms with Crippen LogP contribution in [-0.2, 0) is 7.05 Å². The molecule has 31 heavy (non-hydrogen) atoms. The summed E-state index contributed by atoms with van der Waals surface area (Å²) in [5, 5.41) is 12.3. The standard InChI is InChI=1S/C22H21N5O4/c1-27-13-15(12-23-27)20(28)24-16-8-10-19(11-9-16)31-21(29)14-2-4-17(5-3-14)25-22(30)26-18-6-7-18/h2-5,8-13,18H,6-7H2,1H3,(H,24,28)(H2,25,26,30). The fraction of sp³-hybridized carbons (Fsp3) is 0.182. The molecule has 9 heteroatoms. The second-order valence-corrected chi connectivity index (χ2v) is 7.22. The first kappa shape index (κ1) is 20.1. The number of benzene rings is 2. The van der Waals surface area contributed by atoms with Gasteiger partial charge in [-0.2, -0.15) is 5.10 Å². The van der Waals surface area contributed by atoms with Crippen LogP contribution >= 0.6 is 0 Å². The predicted molar refractivity (Wildman–Crippen MR) is 114 cm³/mol. The molecule has 1 aromatic heterocycles. The van der Waals surface area contributed by atoms with E-state index in [9.17, 15) is 14.4 Å². The van der Waals surface area contributed by atoms with E-state index in [1.807, 2.05) is 0 Å². The fourth-order valence-electron chi connectivity index (χ4n) is 2.78. The smallest absolute Gasteiger partial charge is 0.343 e. The van der Waals surface area contributed by atoms with Crippen molar-refractivity contribution in [1.29, 1.82) is 0 Å². The minimum absolute atomic E-state index is 0.256. The zero-order valence-corrected chi connectivity index (χ0v) is 16.8.